The summed E-state index contributed by atoms with van der Waals surface area (Å²) in [6.45, 7) is 1.72. The number of aromatic amines is 1. The summed E-state index contributed by atoms with van der Waals surface area (Å²) in [6.07, 6.45) is 1.86. The smallest absolute Gasteiger partial charge is 0.330 e. The number of carboxylic acid groups (broad SMARTS) is 1. The van der Waals surface area contributed by atoms with E-state index in [4.69, 9.17) is 0 Å². The number of aliphatic carboxylic acids is 1. The molecular formula is C10H13N3O3S. The molecule has 1 fully saturated rings. The summed E-state index contributed by atoms with van der Waals surface area (Å²) in [6, 6.07) is 0. The number of nitrogens with one attached hydrogen (secondary N) is 2. The van der Waals surface area contributed by atoms with Crippen molar-refractivity contribution < 1.29 is 14.7 Å². The van der Waals surface area contributed by atoms with Gasteiger partial charge in [0.15, 0.2) is 0 Å². The second kappa shape index (κ2) is 4.40. The predicted octanol–water partition coefficient (Wildman–Crippen LogP) is 0.408. The van der Waals surface area contributed by atoms with Crippen LogP contribution >= 0.6 is 11.8 Å². The molecule has 1 amide bonds. The summed E-state index contributed by atoms with van der Waals surface area (Å²) in [5.74, 6) is -0.208. The first-order valence-electron chi connectivity index (χ1n) is 5.19. The minimum atomic E-state index is -1.13. The van der Waals surface area contributed by atoms with Crippen molar-refractivity contribution in [1.82, 2.24) is 15.5 Å². The Morgan fingerprint density at radius 1 is 1.65 bits per heavy atom. The summed E-state index contributed by atoms with van der Waals surface area (Å²) in [5, 5.41) is 18.2. The zero-order valence-electron chi connectivity index (χ0n) is 9.32. The highest BCUT2D eigenvalue weighted by atomic mass is 32.2. The number of amides is 1. The van der Waals surface area contributed by atoms with Crippen LogP contribution in [0.5, 0.6) is 0 Å². The second-order valence-electron chi connectivity index (χ2n) is 4.05. The Balaban J connectivity index is 2.17. The number of nitrogens with zero attached hydrogens (tertiary/aromatic N) is 1. The van der Waals surface area contributed by atoms with Crippen LogP contribution in [-0.2, 0) is 4.79 Å². The van der Waals surface area contributed by atoms with Crippen LogP contribution < -0.4 is 5.32 Å². The molecule has 1 aliphatic heterocycles. The highest BCUT2D eigenvalue weighted by molar-refractivity contribution is 7.99. The molecule has 0 aromatic carbocycles. The van der Waals surface area contributed by atoms with Crippen molar-refractivity contribution in [2.45, 2.75) is 18.9 Å². The monoisotopic (exact) mass is 255 g/mol. The highest BCUT2D eigenvalue weighted by Gasteiger charge is 2.43. The zero-order valence-corrected chi connectivity index (χ0v) is 10.1. The largest absolute Gasteiger partial charge is 0.479 e. The lowest BCUT2D eigenvalue weighted by Gasteiger charge is -2.24. The maximum Gasteiger partial charge on any atom is 0.330 e. The Morgan fingerprint density at radius 2 is 2.41 bits per heavy atom. The topological polar surface area (TPSA) is 95.1 Å². The van der Waals surface area contributed by atoms with Gasteiger partial charge in [-0.3, -0.25) is 9.89 Å². The Hall–Kier alpha value is -1.50. The fourth-order valence-corrected chi connectivity index (χ4v) is 3.08. The number of carbonyl (C=O) groups is 2. The Labute approximate surface area is 102 Å². The molecule has 2 rings (SSSR count). The van der Waals surface area contributed by atoms with E-state index in [1.54, 1.807) is 6.92 Å². The molecule has 17 heavy (non-hydrogen) atoms. The van der Waals surface area contributed by atoms with Crippen LogP contribution in [0, 0.1) is 6.92 Å². The molecule has 0 saturated carbocycles. The van der Waals surface area contributed by atoms with Gasteiger partial charge in [-0.15, -0.1) is 0 Å². The number of H-pyrrole nitrogens is 1. The third kappa shape index (κ3) is 2.14. The van der Waals surface area contributed by atoms with Crippen LogP contribution in [0.15, 0.2) is 6.20 Å². The van der Waals surface area contributed by atoms with E-state index in [2.05, 4.69) is 15.5 Å². The maximum absolute atomic E-state index is 11.9. The van der Waals surface area contributed by atoms with Crippen molar-refractivity contribution in [2.75, 3.05) is 11.5 Å². The SMILES string of the molecule is Cc1[nH]ncc1C(=O)NC1(C(=O)O)CCSC1. The third-order valence-electron chi connectivity index (χ3n) is 2.86. The maximum atomic E-state index is 11.9. The van der Waals surface area contributed by atoms with Crippen LogP contribution in [-0.4, -0.2) is 44.2 Å². The molecule has 0 bridgehead atoms. The molecule has 2 heterocycles. The molecule has 1 atom stereocenters. The van der Waals surface area contributed by atoms with Gasteiger partial charge in [-0.2, -0.15) is 16.9 Å². The van der Waals surface area contributed by atoms with E-state index < -0.39 is 11.5 Å². The van der Waals surface area contributed by atoms with Crippen LogP contribution in [0.2, 0.25) is 0 Å². The minimum absolute atomic E-state index is 0.388. The van der Waals surface area contributed by atoms with Gasteiger partial charge in [-0.25, -0.2) is 4.79 Å². The number of aromatic nitrogens is 2. The van der Waals surface area contributed by atoms with Crippen molar-refractivity contribution >= 4 is 23.6 Å². The normalized spacial score (nSPS) is 23.6. The average molecular weight is 255 g/mol. The van der Waals surface area contributed by atoms with Gasteiger partial charge in [0, 0.05) is 11.4 Å². The van der Waals surface area contributed by atoms with Crippen LogP contribution in [0.25, 0.3) is 0 Å². The lowest BCUT2D eigenvalue weighted by molar-refractivity contribution is -0.143. The number of rotatable bonds is 3. The molecule has 1 aromatic heterocycles. The molecule has 0 spiro atoms. The van der Waals surface area contributed by atoms with Crippen molar-refractivity contribution in [3.05, 3.63) is 17.5 Å². The van der Waals surface area contributed by atoms with Gasteiger partial charge in [0.1, 0.15) is 5.54 Å². The fourth-order valence-electron chi connectivity index (χ4n) is 1.75. The molecule has 7 heteroatoms. The molecule has 1 unspecified atom stereocenters. The molecule has 1 aliphatic rings. The average Bonchev–Trinajstić information content (AvgIpc) is 2.87. The van der Waals surface area contributed by atoms with E-state index in [1.807, 2.05) is 0 Å². The second-order valence-corrected chi connectivity index (χ2v) is 5.16. The van der Waals surface area contributed by atoms with Gasteiger partial charge >= 0.3 is 5.97 Å². The molecule has 1 aromatic rings. The number of carbonyl (C=O) groups excluding carboxylic acids is 1. The van der Waals surface area contributed by atoms with Gasteiger partial charge in [-0.05, 0) is 19.1 Å². The van der Waals surface area contributed by atoms with Gasteiger partial charge in [0.25, 0.3) is 5.91 Å². The molecular weight excluding hydrogens is 242 g/mol. The molecule has 3 N–H and O–H groups in total. The summed E-state index contributed by atoms with van der Waals surface area (Å²) in [4.78, 5) is 23.2. The van der Waals surface area contributed by atoms with Crippen molar-refractivity contribution in [1.29, 1.82) is 0 Å². The van der Waals surface area contributed by atoms with Crippen molar-refractivity contribution in [3.63, 3.8) is 0 Å². The van der Waals surface area contributed by atoms with E-state index in [1.165, 1.54) is 18.0 Å². The first kappa shape index (κ1) is 12.0. The van der Waals surface area contributed by atoms with Gasteiger partial charge < -0.3 is 10.4 Å². The van der Waals surface area contributed by atoms with E-state index in [-0.39, 0.29) is 5.91 Å². The van der Waals surface area contributed by atoms with Crippen LogP contribution in [0.3, 0.4) is 0 Å². The Morgan fingerprint density at radius 3 is 2.88 bits per heavy atom. The fraction of sp³-hybridized carbons (Fsp3) is 0.500. The van der Waals surface area contributed by atoms with Crippen LogP contribution in [0.1, 0.15) is 22.5 Å². The van der Waals surface area contributed by atoms with Gasteiger partial charge in [0.2, 0.25) is 0 Å². The standard InChI is InChI=1S/C10H13N3O3S/c1-6-7(4-11-13-6)8(14)12-10(9(15)16)2-3-17-5-10/h4H,2-3,5H2,1H3,(H,11,13)(H,12,14)(H,15,16). The predicted molar refractivity (Wildman–Crippen MR) is 63.1 cm³/mol. The first-order valence-corrected chi connectivity index (χ1v) is 6.34. The molecule has 92 valence electrons. The lowest BCUT2D eigenvalue weighted by atomic mass is 9.98. The highest BCUT2D eigenvalue weighted by Crippen LogP contribution is 2.28. The van der Waals surface area contributed by atoms with Gasteiger partial charge in [0.05, 0.1) is 11.8 Å². The number of hydrogen-bond acceptors (Lipinski definition) is 4. The third-order valence-corrected chi connectivity index (χ3v) is 4.05. The lowest BCUT2D eigenvalue weighted by Crippen LogP contribution is -2.54. The summed E-state index contributed by atoms with van der Waals surface area (Å²) in [5.41, 5.74) is -0.109. The van der Waals surface area contributed by atoms with Gasteiger partial charge in [-0.1, -0.05) is 0 Å². The number of aryl methyl sites for hydroxylation is 1. The summed E-state index contributed by atoms with van der Waals surface area (Å²) < 4.78 is 0. The molecule has 1 saturated heterocycles. The Kier molecular flexibility index (Phi) is 3.10. The van der Waals surface area contributed by atoms with E-state index in [0.717, 1.165) is 5.75 Å². The number of hydrogen-bond donors (Lipinski definition) is 3. The minimum Gasteiger partial charge on any atom is -0.479 e. The summed E-state index contributed by atoms with van der Waals surface area (Å²) in [7, 11) is 0. The quantitative estimate of drug-likeness (QED) is 0.727. The number of carboxylic acids is 1. The molecule has 6 nitrogen and oxygen atoms in total. The van der Waals surface area contributed by atoms with Crippen molar-refractivity contribution in [2.24, 2.45) is 0 Å². The zero-order chi connectivity index (χ0) is 12.5. The number of thioether (sulfide) groups is 1. The van der Waals surface area contributed by atoms with E-state index in [0.29, 0.717) is 23.4 Å². The van der Waals surface area contributed by atoms with E-state index >= 15 is 0 Å². The Bertz CT molecular complexity index is 451. The summed E-state index contributed by atoms with van der Waals surface area (Å²) >= 11 is 1.53. The molecule has 0 radical (unpaired) electrons. The van der Waals surface area contributed by atoms with Crippen molar-refractivity contribution in [3.8, 4) is 0 Å². The van der Waals surface area contributed by atoms with E-state index in [9.17, 15) is 14.7 Å². The first-order chi connectivity index (χ1) is 8.05. The van der Waals surface area contributed by atoms with Crippen LogP contribution in [0.4, 0.5) is 0 Å². The molecule has 0 aliphatic carbocycles.